The molecule has 0 atom stereocenters. The third-order valence-corrected chi connectivity index (χ3v) is 3.38. The van der Waals surface area contributed by atoms with E-state index in [-0.39, 0.29) is 12.5 Å². The molecule has 1 N–H and O–H groups in total. The summed E-state index contributed by atoms with van der Waals surface area (Å²) < 4.78 is 5.47. The number of carbonyl (C=O) groups excluding carboxylic acids is 1. The second kappa shape index (κ2) is 7.24. The van der Waals surface area contributed by atoms with Crippen LogP contribution in [0.2, 0.25) is 0 Å². The molecule has 2 rings (SSSR count). The fourth-order valence-electron chi connectivity index (χ4n) is 1.91. The van der Waals surface area contributed by atoms with Crippen molar-refractivity contribution in [3.05, 3.63) is 24.0 Å². The molecule has 20 heavy (non-hydrogen) atoms. The van der Waals surface area contributed by atoms with Crippen molar-refractivity contribution >= 4 is 5.91 Å². The molecular formula is C15H23N3O2. The van der Waals surface area contributed by atoms with E-state index < -0.39 is 0 Å². The predicted octanol–water partition coefficient (Wildman–Crippen LogP) is 1.58. The van der Waals surface area contributed by atoms with Gasteiger partial charge in [0, 0.05) is 19.6 Å². The van der Waals surface area contributed by atoms with Gasteiger partial charge in [-0.15, -0.1) is 0 Å². The summed E-state index contributed by atoms with van der Waals surface area (Å²) in [5.74, 6) is 0.669. The molecule has 1 heterocycles. The topological polar surface area (TPSA) is 54.5 Å². The highest BCUT2D eigenvalue weighted by atomic mass is 16.5. The fourth-order valence-corrected chi connectivity index (χ4v) is 1.91. The first-order valence-electron chi connectivity index (χ1n) is 7.24. The Kier molecular flexibility index (Phi) is 5.35. The van der Waals surface area contributed by atoms with Crippen LogP contribution >= 0.6 is 0 Å². The first-order valence-corrected chi connectivity index (χ1v) is 7.24. The normalized spacial score (nSPS) is 14.1. The largest absolute Gasteiger partial charge is 0.482 e. The number of carbonyl (C=O) groups is 1. The highest BCUT2D eigenvalue weighted by molar-refractivity contribution is 5.78. The number of hydrogen-bond acceptors (Lipinski definition) is 4. The van der Waals surface area contributed by atoms with E-state index in [4.69, 9.17) is 4.74 Å². The summed E-state index contributed by atoms with van der Waals surface area (Å²) in [6.07, 6.45) is 5.01. The van der Waals surface area contributed by atoms with E-state index in [0.717, 1.165) is 38.0 Å². The molecule has 5 nitrogen and oxygen atoms in total. The van der Waals surface area contributed by atoms with Crippen LogP contribution in [-0.2, 0) is 11.3 Å². The van der Waals surface area contributed by atoms with E-state index in [1.54, 1.807) is 11.1 Å². The lowest BCUT2D eigenvalue weighted by Crippen LogP contribution is -2.33. The van der Waals surface area contributed by atoms with Crippen molar-refractivity contribution < 1.29 is 9.53 Å². The molecule has 1 fully saturated rings. The average Bonchev–Trinajstić information content (AvgIpc) is 3.30. The minimum absolute atomic E-state index is 0.0289. The van der Waals surface area contributed by atoms with Gasteiger partial charge in [0.15, 0.2) is 6.61 Å². The predicted molar refractivity (Wildman–Crippen MR) is 77.5 cm³/mol. The van der Waals surface area contributed by atoms with Gasteiger partial charge >= 0.3 is 0 Å². The Morgan fingerprint density at radius 2 is 2.30 bits per heavy atom. The summed E-state index contributed by atoms with van der Waals surface area (Å²) in [5, 5.41) is 3.29. The number of hydrogen-bond donors (Lipinski definition) is 1. The Balaban J connectivity index is 1.74. The molecule has 1 aliphatic rings. The smallest absolute Gasteiger partial charge is 0.260 e. The van der Waals surface area contributed by atoms with E-state index in [1.807, 2.05) is 19.2 Å². The number of nitrogens with zero attached hydrogens (tertiary/aromatic N) is 2. The van der Waals surface area contributed by atoms with E-state index in [2.05, 4.69) is 17.2 Å². The van der Waals surface area contributed by atoms with Crippen LogP contribution in [0.5, 0.6) is 5.75 Å². The standard InChI is InChI=1S/C15H23N3O2/c1-3-8-16-9-12-4-7-14(10-17-12)20-11-15(19)18(2)13-5-6-13/h4,7,10,13,16H,3,5-6,8-9,11H2,1-2H3. The maximum absolute atomic E-state index is 11.8. The molecule has 5 heteroatoms. The number of nitrogens with one attached hydrogen (secondary N) is 1. The van der Waals surface area contributed by atoms with Crippen molar-refractivity contribution in [3.63, 3.8) is 0 Å². The first kappa shape index (κ1) is 14.8. The Morgan fingerprint density at radius 1 is 1.50 bits per heavy atom. The molecule has 1 aromatic rings. The van der Waals surface area contributed by atoms with Gasteiger partial charge in [0.05, 0.1) is 11.9 Å². The van der Waals surface area contributed by atoms with Crippen LogP contribution in [0.3, 0.4) is 0 Å². The van der Waals surface area contributed by atoms with Crippen molar-refractivity contribution in [2.24, 2.45) is 0 Å². The molecule has 0 saturated heterocycles. The maximum Gasteiger partial charge on any atom is 0.260 e. The van der Waals surface area contributed by atoms with Crippen molar-refractivity contribution in [2.75, 3.05) is 20.2 Å². The quantitative estimate of drug-likeness (QED) is 0.733. The molecule has 0 unspecified atom stereocenters. The van der Waals surface area contributed by atoms with Gasteiger partial charge in [0.25, 0.3) is 5.91 Å². The van der Waals surface area contributed by atoms with Gasteiger partial charge in [0.1, 0.15) is 5.75 Å². The monoisotopic (exact) mass is 277 g/mol. The van der Waals surface area contributed by atoms with Crippen molar-refractivity contribution in [1.29, 1.82) is 0 Å². The van der Waals surface area contributed by atoms with Gasteiger partial charge in [0.2, 0.25) is 0 Å². The lowest BCUT2D eigenvalue weighted by Gasteiger charge is -2.16. The van der Waals surface area contributed by atoms with Gasteiger partial charge in [-0.2, -0.15) is 0 Å². The molecule has 0 radical (unpaired) electrons. The zero-order chi connectivity index (χ0) is 14.4. The summed E-state index contributed by atoms with van der Waals surface area (Å²) in [4.78, 5) is 17.9. The minimum Gasteiger partial charge on any atom is -0.482 e. The maximum atomic E-state index is 11.8. The third kappa shape index (κ3) is 4.49. The third-order valence-electron chi connectivity index (χ3n) is 3.38. The summed E-state index contributed by atoms with van der Waals surface area (Å²) in [7, 11) is 1.84. The lowest BCUT2D eigenvalue weighted by atomic mass is 10.3. The molecule has 1 aliphatic carbocycles. The number of rotatable bonds is 8. The van der Waals surface area contributed by atoms with E-state index >= 15 is 0 Å². The van der Waals surface area contributed by atoms with E-state index in [1.165, 1.54) is 0 Å². The molecule has 0 bridgehead atoms. The van der Waals surface area contributed by atoms with E-state index in [0.29, 0.717) is 11.8 Å². The summed E-state index contributed by atoms with van der Waals surface area (Å²) in [6.45, 7) is 3.97. The first-order chi connectivity index (χ1) is 9.70. The average molecular weight is 277 g/mol. The Morgan fingerprint density at radius 3 is 2.90 bits per heavy atom. The molecule has 1 saturated carbocycles. The molecule has 1 aromatic heterocycles. The minimum atomic E-state index is 0.0289. The molecule has 1 amide bonds. The highest BCUT2D eigenvalue weighted by Gasteiger charge is 2.29. The Bertz CT molecular complexity index is 429. The van der Waals surface area contributed by atoms with Crippen LogP contribution < -0.4 is 10.1 Å². The molecule has 0 aromatic carbocycles. The summed E-state index contributed by atoms with van der Waals surface area (Å²) in [6, 6.07) is 4.21. The lowest BCUT2D eigenvalue weighted by molar-refractivity contribution is -0.132. The number of amides is 1. The van der Waals surface area contributed by atoms with Gasteiger partial charge in [-0.05, 0) is 37.9 Å². The second-order valence-electron chi connectivity index (χ2n) is 5.19. The van der Waals surface area contributed by atoms with E-state index in [9.17, 15) is 4.79 Å². The fraction of sp³-hybridized carbons (Fsp3) is 0.600. The second-order valence-corrected chi connectivity index (χ2v) is 5.19. The van der Waals surface area contributed by atoms with Crippen LogP contribution in [-0.4, -0.2) is 42.0 Å². The number of pyridine rings is 1. The van der Waals surface area contributed by atoms with Gasteiger partial charge in [-0.3, -0.25) is 9.78 Å². The Hall–Kier alpha value is -1.62. The zero-order valence-corrected chi connectivity index (χ0v) is 12.3. The van der Waals surface area contributed by atoms with Crippen LogP contribution in [0.4, 0.5) is 0 Å². The highest BCUT2D eigenvalue weighted by Crippen LogP contribution is 2.25. The van der Waals surface area contributed by atoms with Gasteiger partial charge in [-0.25, -0.2) is 0 Å². The SMILES string of the molecule is CCCNCc1ccc(OCC(=O)N(C)C2CC2)cn1. The molecule has 0 spiro atoms. The summed E-state index contributed by atoms with van der Waals surface area (Å²) in [5.41, 5.74) is 0.979. The van der Waals surface area contributed by atoms with Crippen molar-refractivity contribution in [1.82, 2.24) is 15.2 Å². The van der Waals surface area contributed by atoms with Crippen molar-refractivity contribution in [3.8, 4) is 5.75 Å². The Labute approximate surface area is 120 Å². The van der Waals surface area contributed by atoms with Crippen LogP contribution in [0.1, 0.15) is 31.9 Å². The zero-order valence-electron chi connectivity index (χ0n) is 12.3. The molecule has 110 valence electrons. The van der Waals surface area contributed by atoms with Gasteiger partial charge in [-0.1, -0.05) is 6.92 Å². The van der Waals surface area contributed by atoms with Gasteiger partial charge < -0.3 is 15.0 Å². The van der Waals surface area contributed by atoms with Crippen molar-refractivity contribution in [2.45, 2.75) is 38.8 Å². The summed E-state index contributed by atoms with van der Waals surface area (Å²) >= 11 is 0. The van der Waals surface area contributed by atoms with Crippen LogP contribution in [0, 0.1) is 0 Å². The van der Waals surface area contributed by atoms with Crippen LogP contribution in [0.15, 0.2) is 18.3 Å². The number of likely N-dealkylation sites (N-methyl/N-ethyl adjacent to an activating group) is 1. The number of aromatic nitrogens is 1. The number of ether oxygens (including phenoxy) is 1. The molecule has 0 aliphatic heterocycles. The molecular weight excluding hydrogens is 254 g/mol. The van der Waals surface area contributed by atoms with Crippen LogP contribution in [0.25, 0.3) is 0 Å².